The second-order valence-electron chi connectivity index (χ2n) is 4.46. The fourth-order valence-corrected chi connectivity index (χ4v) is 2.57. The number of carbonyl (C=O) groups is 1. The summed E-state index contributed by atoms with van der Waals surface area (Å²) in [5.41, 5.74) is 2.06. The van der Waals surface area contributed by atoms with E-state index in [9.17, 15) is 4.79 Å². The zero-order valence-corrected chi connectivity index (χ0v) is 13.1. The van der Waals surface area contributed by atoms with Gasteiger partial charge in [-0.3, -0.25) is 9.78 Å². The van der Waals surface area contributed by atoms with Crippen LogP contribution in [0.5, 0.6) is 0 Å². The molecule has 2 aromatic carbocycles. The Morgan fingerprint density at radius 2 is 2.00 bits per heavy atom. The van der Waals surface area contributed by atoms with Gasteiger partial charge in [-0.25, -0.2) is 0 Å². The topological polar surface area (TPSA) is 42.0 Å². The molecule has 1 heterocycles. The fourth-order valence-electron chi connectivity index (χ4n) is 2.07. The number of nitrogens with one attached hydrogen (secondary N) is 1. The first-order chi connectivity index (χ1) is 10.1. The van der Waals surface area contributed by atoms with Crippen LogP contribution in [-0.4, -0.2) is 10.9 Å². The minimum Gasteiger partial charge on any atom is -0.322 e. The second kappa shape index (κ2) is 5.84. The Labute approximate surface area is 135 Å². The monoisotopic (exact) mass is 360 g/mol. The van der Waals surface area contributed by atoms with Gasteiger partial charge in [-0.05, 0) is 52.3 Å². The molecule has 0 fully saturated rings. The van der Waals surface area contributed by atoms with Gasteiger partial charge in [0.1, 0.15) is 0 Å². The van der Waals surface area contributed by atoms with Crippen LogP contribution in [0.4, 0.5) is 5.69 Å². The van der Waals surface area contributed by atoms with Gasteiger partial charge >= 0.3 is 0 Å². The highest BCUT2D eigenvalue weighted by Crippen LogP contribution is 2.26. The van der Waals surface area contributed by atoms with Crippen LogP contribution < -0.4 is 5.32 Å². The molecule has 0 saturated carbocycles. The Hall–Kier alpha value is -1.91. The van der Waals surface area contributed by atoms with Crippen molar-refractivity contribution in [1.82, 2.24) is 4.98 Å². The molecule has 1 aromatic heterocycles. The molecule has 3 aromatic rings. The number of hydrogen-bond acceptors (Lipinski definition) is 2. The van der Waals surface area contributed by atoms with Gasteiger partial charge < -0.3 is 5.32 Å². The van der Waals surface area contributed by atoms with E-state index in [1.54, 1.807) is 30.5 Å². The number of nitrogens with zero attached hydrogens (tertiary/aromatic N) is 1. The van der Waals surface area contributed by atoms with Gasteiger partial charge in [-0.1, -0.05) is 23.7 Å². The zero-order valence-electron chi connectivity index (χ0n) is 10.8. The van der Waals surface area contributed by atoms with Crippen LogP contribution in [0.2, 0.25) is 5.02 Å². The van der Waals surface area contributed by atoms with Crippen molar-refractivity contribution in [3.63, 3.8) is 0 Å². The molecule has 1 N–H and O–H groups in total. The number of aromatic nitrogens is 1. The van der Waals surface area contributed by atoms with Crippen molar-refractivity contribution >= 4 is 50.0 Å². The van der Waals surface area contributed by atoms with Gasteiger partial charge in [0.2, 0.25) is 0 Å². The van der Waals surface area contributed by atoms with Crippen molar-refractivity contribution in [1.29, 1.82) is 0 Å². The summed E-state index contributed by atoms with van der Waals surface area (Å²) in [5, 5.41) is 4.29. The van der Waals surface area contributed by atoms with Crippen molar-refractivity contribution < 1.29 is 4.79 Å². The number of anilines is 1. The summed E-state index contributed by atoms with van der Waals surface area (Å²) in [4.78, 5) is 16.7. The molecular weight excluding hydrogens is 352 g/mol. The molecule has 5 heteroatoms. The van der Waals surface area contributed by atoms with E-state index >= 15 is 0 Å². The van der Waals surface area contributed by atoms with E-state index in [0.717, 1.165) is 15.4 Å². The minimum atomic E-state index is -0.178. The maximum atomic E-state index is 12.4. The molecule has 0 radical (unpaired) electrons. The van der Waals surface area contributed by atoms with Crippen molar-refractivity contribution in [3.05, 3.63) is 69.8 Å². The predicted molar refractivity (Wildman–Crippen MR) is 88.8 cm³/mol. The largest absolute Gasteiger partial charge is 0.322 e. The lowest BCUT2D eigenvalue weighted by Gasteiger charge is -2.08. The number of halogens is 2. The molecule has 0 aliphatic carbocycles. The quantitative estimate of drug-likeness (QED) is 0.705. The van der Waals surface area contributed by atoms with E-state index in [1.807, 2.05) is 24.3 Å². The van der Waals surface area contributed by atoms with Crippen molar-refractivity contribution in [2.75, 3.05) is 5.32 Å². The van der Waals surface area contributed by atoms with Crippen molar-refractivity contribution in [2.45, 2.75) is 0 Å². The molecule has 21 heavy (non-hydrogen) atoms. The maximum Gasteiger partial charge on any atom is 0.256 e. The van der Waals surface area contributed by atoms with E-state index in [0.29, 0.717) is 16.3 Å². The van der Waals surface area contributed by atoms with Crippen LogP contribution in [-0.2, 0) is 0 Å². The Bertz CT molecular complexity index is 830. The van der Waals surface area contributed by atoms with Crippen LogP contribution in [0.3, 0.4) is 0 Å². The first-order valence-corrected chi connectivity index (χ1v) is 7.42. The standard InChI is InChI=1S/C16H10BrClN2O/c17-13-9-10(6-7-14(13)18)20-16(21)12-3-1-5-15-11(12)4-2-8-19-15/h1-9H,(H,20,21). The van der Waals surface area contributed by atoms with E-state index in [2.05, 4.69) is 26.2 Å². The van der Waals surface area contributed by atoms with Crippen molar-refractivity contribution in [3.8, 4) is 0 Å². The number of amides is 1. The SMILES string of the molecule is O=C(Nc1ccc(Cl)c(Br)c1)c1cccc2ncccc12. The molecule has 0 atom stereocenters. The van der Waals surface area contributed by atoms with Gasteiger partial charge in [-0.2, -0.15) is 0 Å². The smallest absolute Gasteiger partial charge is 0.256 e. The Morgan fingerprint density at radius 3 is 2.81 bits per heavy atom. The third kappa shape index (κ3) is 2.91. The molecule has 0 aliphatic heterocycles. The lowest BCUT2D eigenvalue weighted by Crippen LogP contribution is -2.12. The highest BCUT2D eigenvalue weighted by molar-refractivity contribution is 9.10. The lowest BCUT2D eigenvalue weighted by atomic mass is 10.1. The number of benzene rings is 2. The number of rotatable bonds is 2. The number of hydrogen-bond donors (Lipinski definition) is 1. The van der Waals surface area contributed by atoms with Gasteiger partial charge in [0.15, 0.2) is 0 Å². The average molecular weight is 362 g/mol. The molecule has 3 nitrogen and oxygen atoms in total. The summed E-state index contributed by atoms with van der Waals surface area (Å²) in [5.74, 6) is -0.178. The van der Waals surface area contributed by atoms with Crippen LogP contribution >= 0.6 is 27.5 Å². The van der Waals surface area contributed by atoms with Gasteiger partial charge in [0.25, 0.3) is 5.91 Å². The molecule has 0 saturated heterocycles. The lowest BCUT2D eigenvalue weighted by molar-refractivity contribution is 0.102. The summed E-state index contributed by atoms with van der Waals surface area (Å²) < 4.78 is 0.738. The van der Waals surface area contributed by atoms with Gasteiger partial charge in [0.05, 0.1) is 10.5 Å². The van der Waals surface area contributed by atoms with E-state index in [-0.39, 0.29) is 5.91 Å². The van der Waals surface area contributed by atoms with E-state index < -0.39 is 0 Å². The van der Waals surface area contributed by atoms with E-state index in [4.69, 9.17) is 11.6 Å². The third-order valence-corrected chi connectivity index (χ3v) is 4.28. The predicted octanol–water partition coefficient (Wildman–Crippen LogP) is 4.90. The van der Waals surface area contributed by atoms with Gasteiger partial charge in [0, 0.05) is 27.3 Å². The summed E-state index contributed by atoms with van der Waals surface area (Å²) in [6.45, 7) is 0. The Balaban J connectivity index is 1.95. The molecule has 104 valence electrons. The van der Waals surface area contributed by atoms with Crippen LogP contribution in [0.1, 0.15) is 10.4 Å². The normalized spacial score (nSPS) is 10.6. The molecule has 0 bridgehead atoms. The molecule has 3 rings (SSSR count). The summed E-state index contributed by atoms with van der Waals surface area (Å²) in [6.07, 6.45) is 1.71. The average Bonchev–Trinajstić information content (AvgIpc) is 2.50. The maximum absolute atomic E-state index is 12.4. The Kier molecular flexibility index (Phi) is 3.90. The van der Waals surface area contributed by atoms with Crippen LogP contribution in [0.25, 0.3) is 10.9 Å². The molecule has 0 aliphatic rings. The zero-order chi connectivity index (χ0) is 14.8. The van der Waals surface area contributed by atoms with Crippen LogP contribution in [0, 0.1) is 0 Å². The summed E-state index contributed by atoms with van der Waals surface area (Å²) >= 11 is 9.28. The number of pyridine rings is 1. The third-order valence-electron chi connectivity index (χ3n) is 3.07. The van der Waals surface area contributed by atoms with E-state index in [1.165, 1.54) is 0 Å². The summed E-state index contributed by atoms with van der Waals surface area (Å²) in [7, 11) is 0. The first-order valence-electron chi connectivity index (χ1n) is 6.25. The second-order valence-corrected chi connectivity index (χ2v) is 5.72. The molecule has 0 spiro atoms. The highest BCUT2D eigenvalue weighted by Gasteiger charge is 2.11. The van der Waals surface area contributed by atoms with Crippen molar-refractivity contribution in [2.24, 2.45) is 0 Å². The molecular formula is C16H10BrClN2O. The number of carbonyl (C=O) groups excluding carboxylic acids is 1. The molecule has 0 unspecified atom stereocenters. The summed E-state index contributed by atoms with van der Waals surface area (Å²) in [6, 6.07) is 14.4. The van der Waals surface area contributed by atoms with Crippen LogP contribution in [0.15, 0.2) is 59.2 Å². The van der Waals surface area contributed by atoms with Gasteiger partial charge in [-0.15, -0.1) is 0 Å². The molecule has 1 amide bonds. The Morgan fingerprint density at radius 1 is 1.14 bits per heavy atom. The minimum absolute atomic E-state index is 0.178. The first kappa shape index (κ1) is 14.0. The fraction of sp³-hybridized carbons (Fsp3) is 0. The number of fused-ring (bicyclic) bond motifs is 1. The highest BCUT2D eigenvalue weighted by atomic mass is 79.9.